The monoisotopic (exact) mass is 326 g/mol. The molecule has 0 aliphatic carbocycles. The molecule has 118 valence electrons. The van der Waals surface area contributed by atoms with Crippen LogP contribution in [0.1, 0.15) is 11.1 Å². The Morgan fingerprint density at radius 3 is 2.65 bits per heavy atom. The molecule has 0 fully saturated rings. The Bertz CT molecular complexity index is 707. The smallest absolute Gasteiger partial charge is 0.279 e. The Morgan fingerprint density at radius 2 is 2.00 bits per heavy atom. The van der Waals surface area contributed by atoms with Crippen molar-refractivity contribution >= 4 is 23.4 Å². The van der Waals surface area contributed by atoms with Gasteiger partial charge in [-0.25, -0.2) is 0 Å². The number of nitriles is 1. The summed E-state index contributed by atoms with van der Waals surface area (Å²) in [4.78, 5) is 14.4. The lowest BCUT2D eigenvalue weighted by Gasteiger charge is -2.14. The van der Waals surface area contributed by atoms with Gasteiger partial charge in [0.2, 0.25) is 0 Å². The zero-order valence-electron chi connectivity index (χ0n) is 13.3. The van der Waals surface area contributed by atoms with E-state index in [0.29, 0.717) is 17.8 Å². The summed E-state index contributed by atoms with van der Waals surface area (Å²) in [6.07, 6.45) is 2.05. The minimum atomic E-state index is -0.0571. The molecule has 0 bridgehead atoms. The number of hydrogen-bond acceptors (Lipinski definition) is 3. The van der Waals surface area contributed by atoms with Gasteiger partial charge >= 0.3 is 0 Å². The predicted octanol–water partition coefficient (Wildman–Crippen LogP) is 1.93. The largest absolute Gasteiger partial charge is 0.326 e. The van der Waals surface area contributed by atoms with Gasteiger partial charge in [0, 0.05) is 16.1 Å². The molecule has 0 heterocycles. The van der Waals surface area contributed by atoms with Crippen LogP contribution in [0.3, 0.4) is 0 Å². The highest BCUT2D eigenvalue weighted by Crippen LogP contribution is 2.14. The van der Waals surface area contributed by atoms with Crippen molar-refractivity contribution in [3.8, 4) is 6.07 Å². The maximum atomic E-state index is 12.1. The highest BCUT2D eigenvalue weighted by Gasteiger charge is 2.11. The molecule has 0 aliphatic rings. The van der Waals surface area contributed by atoms with Crippen LogP contribution >= 0.6 is 11.8 Å². The maximum Gasteiger partial charge on any atom is 0.279 e. The van der Waals surface area contributed by atoms with Crippen molar-refractivity contribution in [1.29, 1.82) is 5.26 Å². The summed E-state index contributed by atoms with van der Waals surface area (Å²) in [7, 11) is 1.99. The van der Waals surface area contributed by atoms with Crippen molar-refractivity contribution in [2.24, 2.45) is 0 Å². The van der Waals surface area contributed by atoms with Crippen LogP contribution in [-0.4, -0.2) is 25.8 Å². The molecule has 5 heteroatoms. The van der Waals surface area contributed by atoms with Crippen LogP contribution in [0.4, 0.5) is 5.69 Å². The number of anilines is 1. The standard InChI is InChI=1S/C18H19N3OS/c1-21(12-14-6-8-17(23-2)9-7-14)13-18(22)20-16-5-3-4-15(10-16)11-19/h3-10H,12-13H2,1-2H3,(H,20,22)/p+1. The van der Waals surface area contributed by atoms with E-state index in [4.69, 9.17) is 5.26 Å². The van der Waals surface area contributed by atoms with Crippen LogP contribution in [0.25, 0.3) is 0 Å². The zero-order chi connectivity index (χ0) is 16.7. The summed E-state index contributed by atoms with van der Waals surface area (Å²) in [6.45, 7) is 1.17. The van der Waals surface area contributed by atoms with Crippen LogP contribution in [0.5, 0.6) is 0 Å². The van der Waals surface area contributed by atoms with Gasteiger partial charge < -0.3 is 10.2 Å². The van der Waals surface area contributed by atoms with Crippen LogP contribution in [0.2, 0.25) is 0 Å². The predicted molar refractivity (Wildman–Crippen MR) is 93.5 cm³/mol. The molecular formula is C18H20N3OS+. The summed E-state index contributed by atoms with van der Waals surface area (Å²) in [5, 5.41) is 11.7. The third-order valence-electron chi connectivity index (χ3n) is 3.40. The Balaban J connectivity index is 1.87. The van der Waals surface area contributed by atoms with E-state index < -0.39 is 0 Å². The summed E-state index contributed by atoms with van der Waals surface area (Å²) >= 11 is 1.72. The molecule has 2 N–H and O–H groups in total. The molecule has 1 unspecified atom stereocenters. The highest BCUT2D eigenvalue weighted by atomic mass is 32.2. The molecule has 1 atom stereocenters. The van der Waals surface area contributed by atoms with Gasteiger partial charge in [0.1, 0.15) is 6.54 Å². The van der Waals surface area contributed by atoms with E-state index >= 15 is 0 Å². The minimum absolute atomic E-state index is 0.0571. The van der Waals surface area contributed by atoms with Crippen LogP contribution < -0.4 is 10.2 Å². The van der Waals surface area contributed by atoms with E-state index in [1.165, 1.54) is 10.5 Å². The third kappa shape index (κ3) is 5.44. The lowest BCUT2D eigenvalue weighted by atomic mass is 10.2. The van der Waals surface area contributed by atoms with Gasteiger partial charge in [-0.05, 0) is 36.6 Å². The highest BCUT2D eigenvalue weighted by molar-refractivity contribution is 7.98. The van der Waals surface area contributed by atoms with Crippen molar-refractivity contribution in [1.82, 2.24) is 0 Å². The Labute approximate surface area is 141 Å². The molecule has 23 heavy (non-hydrogen) atoms. The van der Waals surface area contributed by atoms with Crippen molar-refractivity contribution < 1.29 is 9.69 Å². The second-order valence-corrected chi connectivity index (χ2v) is 6.28. The van der Waals surface area contributed by atoms with Crippen molar-refractivity contribution in [3.05, 3.63) is 59.7 Å². The average Bonchev–Trinajstić information content (AvgIpc) is 2.55. The molecule has 0 radical (unpaired) electrons. The summed E-state index contributed by atoms with van der Waals surface area (Å²) in [6, 6.07) is 17.4. The van der Waals surface area contributed by atoms with E-state index in [0.717, 1.165) is 11.4 Å². The van der Waals surface area contributed by atoms with Crippen LogP contribution in [0.15, 0.2) is 53.4 Å². The molecule has 4 nitrogen and oxygen atoms in total. The van der Waals surface area contributed by atoms with Crippen molar-refractivity contribution in [2.45, 2.75) is 11.4 Å². The molecule has 2 aromatic rings. The normalized spacial score (nSPS) is 11.5. The van der Waals surface area contributed by atoms with Crippen molar-refractivity contribution in [2.75, 3.05) is 25.2 Å². The molecule has 0 aromatic heterocycles. The Kier molecular flexibility index (Phi) is 6.21. The third-order valence-corrected chi connectivity index (χ3v) is 4.15. The topological polar surface area (TPSA) is 57.3 Å². The van der Waals surface area contributed by atoms with E-state index in [1.54, 1.807) is 36.0 Å². The SMILES string of the molecule is CSc1ccc(C[NH+](C)CC(=O)Nc2cccc(C#N)c2)cc1. The molecule has 2 aromatic carbocycles. The average molecular weight is 326 g/mol. The first-order valence-corrected chi connectivity index (χ1v) is 8.57. The molecule has 1 amide bonds. The fraction of sp³-hybridized carbons (Fsp3) is 0.222. The van der Waals surface area contributed by atoms with Crippen molar-refractivity contribution in [3.63, 3.8) is 0 Å². The lowest BCUT2D eigenvalue weighted by molar-refractivity contribution is -0.885. The van der Waals surface area contributed by atoms with Gasteiger partial charge in [-0.1, -0.05) is 18.2 Å². The number of likely N-dealkylation sites (N-methyl/N-ethyl adjacent to an activating group) is 1. The van der Waals surface area contributed by atoms with Gasteiger partial charge in [0.15, 0.2) is 6.54 Å². The number of carbonyl (C=O) groups is 1. The first-order chi connectivity index (χ1) is 11.1. The molecule has 2 rings (SSSR count). The first-order valence-electron chi connectivity index (χ1n) is 7.35. The quantitative estimate of drug-likeness (QED) is 0.798. The molecule has 0 saturated heterocycles. The van der Waals surface area contributed by atoms with Crippen LogP contribution in [0, 0.1) is 11.3 Å². The van der Waals surface area contributed by atoms with Gasteiger partial charge in [-0.15, -0.1) is 11.8 Å². The van der Waals surface area contributed by atoms with E-state index in [2.05, 4.69) is 41.9 Å². The number of benzene rings is 2. The van der Waals surface area contributed by atoms with Gasteiger partial charge in [0.25, 0.3) is 5.91 Å². The number of quaternary nitrogens is 1. The van der Waals surface area contributed by atoms with E-state index in [9.17, 15) is 4.79 Å². The number of hydrogen-bond donors (Lipinski definition) is 2. The lowest BCUT2D eigenvalue weighted by Crippen LogP contribution is -3.08. The molecular weight excluding hydrogens is 306 g/mol. The maximum absolute atomic E-state index is 12.1. The molecule has 0 saturated carbocycles. The number of rotatable bonds is 6. The fourth-order valence-electron chi connectivity index (χ4n) is 2.30. The Morgan fingerprint density at radius 1 is 1.26 bits per heavy atom. The second kappa shape index (κ2) is 8.37. The summed E-state index contributed by atoms with van der Waals surface area (Å²) < 4.78 is 0. The second-order valence-electron chi connectivity index (χ2n) is 5.40. The van der Waals surface area contributed by atoms with Gasteiger partial charge in [0.05, 0.1) is 18.7 Å². The number of thioether (sulfide) groups is 1. The first kappa shape index (κ1) is 17.1. The van der Waals surface area contributed by atoms with E-state index in [1.807, 2.05) is 7.05 Å². The number of carbonyl (C=O) groups excluding carboxylic acids is 1. The molecule has 0 aliphatic heterocycles. The van der Waals surface area contributed by atoms with Gasteiger partial charge in [-0.3, -0.25) is 4.79 Å². The molecule has 0 spiro atoms. The Hall–Kier alpha value is -2.29. The van der Waals surface area contributed by atoms with E-state index in [-0.39, 0.29) is 5.91 Å². The summed E-state index contributed by atoms with van der Waals surface area (Å²) in [5.41, 5.74) is 2.41. The van der Waals surface area contributed by atoms with Crippen LogP contribution in [-0.2, 0) is 11.3 Å². The summed E-state index contributed by atoms with van der Waals surface area (Å²) in [5.74, 6) is -0.0571. The number of nitrogens with one attached hydrogen (secondary N) is 2. The minimum Gasteiger partial charge on any atom is -0.326 e. The zero-order valence-corrected chi connectivity index (χ0v) is 14.1. The number of nitrogens with zero attached hydrogens (tertiary/aromatic N) is 1. The fourth-order valence-corrected chi connectivity index (χ4v) is 2.71. The van der Waals surface area contributed by atoms with Gasteiger partial charge in [-0.2, -0.15) is 5.26 Å². The number of amides is 1.